The Hall–Kier alpha value is -4.08. The van der Waals surface area contributed by atoms with Gasteiger partial charge in [-0.2, -0.15) is 0 Å². The predicted octanol–water partition coefficient (Wildman–Crippen LogP) is 10.3. The van der Waals surface area contributed by atoms with Gasteiger partial charge in [-0.05, 0) is 94.2 Å². The van der Waals surface area contributed by atoms with Gasteiger partial charge in [-0.25, -0.2) is 0 Å². The number of carbonyl (C=O) groups excluding carboxylic acids is 1. The van der Waals surface area contributed by atoms with Crippen molar-refractivity contribution in [2.24, 2.45) is 0 Å². The van der Waals surface area contributed by atoms with Crippen LogP contribution in [0.5, 0.6) is 0 Å². The molecule has 4 fully saturated rings. The van der Waals surface area contributed by atoms with E-state index in [0.717, 1.165) is 50.5 Å². The first-order valence-electron chi connectivity index (χ1n) is 26.6. The molecule has 0 aliphatic carbocycles. The van der Waals surface area contributed by atoms with Crippen molar-refractivity contribution in [3.05, 3.63) is 157 Å². The monoisotopic (exact) mass is 995 g/mol. The highest BCUT2D eigenvalue weighted by Crippen LogP contribution is 2.41. The number of hydrogen-bond acceptors (Lipinski definition) is 8. The summed E-state index contributed by atoms with van der Waals surface area (Å²) < 4.78 is 48.3. The number of Topliss-reactive ketones (excluding diaryl/α,β-unsaturated/α-hetero) is 1. The normalized spacial score (nSPS) is 25.7. The topological polar surface area (TPSA) is 81.7 Å². The second-order valence-corrected chi connectivity index (χ2v) is 31.2. The second kappa shape index (κ2) is 23.0. The Kier molecular flexibility index (Phi) is 16.8. The van der Waals surface area contributed by atoms with Gasteiger partial charge in [0.25, 0.3) is 16.6 Å². The zero-order valence-electron chi connectivity index (χ0n) is 43.1. The van der Waals surface area contributed by atoms with E-state index >= 15 is 0 Å². The summed E-state index contributed by atoms with van der Waals surface area (Å²) in [5.41, 5.74) is 1.11. The minimum Gasteiger partial charge on any atom is -0.405 e. The van der Waals surface area contributed by atoms with Crippen molar-refractivity contribution < 1.29 is 37.3 Å². The van der Waals surface area contributed by atoms with Crippen LogP contribution < -0.4 is 20.7 Å². The Morgan fingerprint density at radius 1 is 0.493 bits per heavy atom. The van der Waals surface area contributed by atoms with Gasteiger partial charge in [-0.15, -0.1) is 0 Å². The van der Waals surface area contributed by atoms with Crippen LogP contribution in [0.2, 0.25) is 10.1 Å². The molecular formula is C61H78O8Si2. The molecule has 71 heavy (non-hydrogen) atoms. The summed E-state index contributed by atoms with van der Waals surface area (Å²) >= 11 is 0. The third-order valence-corrected chi connectivity index (χ3v) is 25.8. The maximum atomic E-state index is 14.0. The number of hydrogen-bond donors (Lipinski definition) is 0. The predicted molar refractivity (Wildman–Crippen MR) is 288 cm³/mol. The molecule has 8 nitrogen and oxygen atoms in total. The van der Waals surface area contributed by atoms with E-state index in [1.165, 1.54) is 20.7 Å². The average Bonchev–Trinajstić information content (AvgIpc) is 4.24. The molecule has 5 aromatic carbocycles. The van der Waals surface area contributed by atoms with Crippen LogP contribution in [0.25, 0.3) is 0 Å². The van der Waals surface area contributed by atoms with Crippen LogP contribution in [0.1, 0.15) is 111 Å². The average molecular weight is 995 g/mol. The van der Waals surface area contributed by atoms with E-state index in [2.05, 4.69) is 175 Å². The minimum absolute atomic E-state index is 0.00668. The van der Waals surface area contributed by atoms with Gasteiger partial charge in [0.05, 0.1) is 68.7 Å². The maximum absolute atomic E-state index is 14.0. The third kappa shape index (κ3) is 11.7. The summed E-state index contributed by atoms with van der Waals surface area (Å²) in [6.45, 7) is 15.4. The standard InChI is InChI=1S/C61H78O8Si2/c1-60(2,3)70(48-24-14-8-15-25-48,49-26-16-9-17-27-49)64-43-46-32-35-56(66-46)58-39-38-53(68-58)52(62)34-37-54(63-42-45-22-12-7-13-23-45)55-40-41-59(69-55)57-36-33-47(67-57)44-65-71(61(4,5)6,50-28-18-10-19-29-50)51-30-20-11-21-31-51/h7-31,46-47,53-59H,32-44H2,1-6H3/t46-,47-,53-,54-,55-,56-,57-,58-,59-/m0/s1. The molecule has 0 saturated carbocycles. The molecule has 9 atom stereocenters. The third-order valence-electron chi connectivity index (χ3n) is 15.8. The van der Waals surface area contributed by atoms with Crippen molar-refractivity contribution in [1.82, 2.24) is 0 Å². The molecule has 4 aliphatic rings. The number of ether oxygens (including phenoxy) is 5. The SMILES string of the molecule is CC(C)(C)[Si](OC[C@@H]1CC[C@@H]([C@@H]2CC[C@@H](C(=O)CC[C@H](OCc3ccccc3)[C@@H]3CC[C@@H]([C@@H]4CC[C@@H](CO[Si](c5ccccc5)(c5ccccc5)C(C)(C)C)O4)O3)O2)O1)(c1ccccc1)c1ccccc1. The van der Waals surface area contributed by atoms with E-state index in [1.807, 2.05) is 18.2 Å². The molecule has 4 saturated heterocycles. The Balaban J connectivity index is 0.788. The van der Waals surface area contributed by atoms with Crippen molar-refractivity contribution in [3.63, 3.8) is 0 Å². The number of rotatable bonds is 20. The van der Waals surface area contributed by atoms with E-state index in [4.69, 9.17) is 32.5 Å². The Bertz CT molecular complexity index is 2330. The lowest BCUT2D eigenvalue weighted by atomic mass is 9.99. The summed E-state index contributed by atoms with van der Waals surface area (Å²) in [4.78, 5) is 14.0. The molecule has 4 aliphatic heterocycles. The van der Waals surface area contributed by atoms with Crippen LogP contribution in [0.3, 0.4) is 0 Å². The van der Waals surface area contributed by atoms with Gasteiger partial charge in [0.15, 0.2) is 5.78 Å². The molecule has 0 amide bonds. The zero-order valence-corrected chi connectivity index (χ0v) is 45.1. The van der Waals surface area contributed by atoms with Gasteiger partial charge < -0.3 is 32.5 Å². The molecule has 0 aromatic heterocycles. The zero-order chi connectivity index (χ0) is 49.5. The Labute approximate surface area is 426 Å². The molecule has 0 spiro atoms. The first-order valence-corrected chi connectivity index (χ1v) is 30.5. The smallest absolute Gasteiger partial charge is 0.261 e. The van der Waals surface area contributed by atoms with Crippen LogP contribution in [-0.2, 0) is 43.9 Å². The van der Waals surface area contributed by atoms with Gasteiger partial charge >= 0.3 is 0 Å². The molecule has 0 N–H and O–H groups in total. The fourth-order valence-electron chi connectivity index (χ4n) is 12.2. The van der Waals surface area contributed by atoms with Crippen molar-refractivity contribution >= 4 is 43.2 Å². The summed E-state index contributed by atoms with van der Waals surface area (Å²) in [6.07, 6.45) is 6.91. The molecule has 5 aromatic rings. The molecule has 10 heteroatoms. The van der Waals surface area contributed by atoms with E-state index in [9.17, 15) is 4.79 Å². The van der Waals surface area contributed by atoms with Crippen molar-refractivity contribution in [2.45, 2.75) is 177 Å². The largest absolute Gasteiger partial charge is 0.405 e. The fourth-order valence-corrected chi connectivity index (χ4v) is 21.4. The maximum Gasteiger partial charge on any atom is 0.261 e. The minimum atomic E-state index is -2.68. The number of carbonyl (C=O) groups is 1. The summed E-state index contributed by atoms with van der Waals surface area (Å²) in [5, 5.41) is 4.89. The molecule has 0 bridgehead atoms. The lowest BCUT2D eigenvalue weighted by molar-refractivity contribution is -0.137. The van der Waals surface area contributed by atoms with Crippen LogP contribution in [0, 0.1) is 0 Å². The highest BCUT2D eigenvalue weighted by molar-refractivity contribution is 7.00. The van der Waals surface area contributed by atoms with Gasteiger partial charge in [0, 0.05) is 6.42 Å². The molecule has 9 rings (SSSR count). The second-order valence-electron chi connectivity index (χ2n) is 22.6. The molecule has 378 valence electrons. The van der Waals surface area contributed by atoms with Crippen molar-refractivity contribution in [1.29, 1.82) is 0 Å². The van der Waals surface area contributed by atoms with E-state index in [1.54, 1.807) is 0 Å². The highest BCUT2D eigenvalue weighted by Gasteiger charge is 2.53. The van der Waals surface area contributed by atoms with E-state index < -0.39 is 22.7 Å². The molecule has 0 unspecified atom stereocenters. The fraction of sp³-hybridized carbons (Fsp3) is 0.492. The summed E-state index contributed by atoms with van der Waals surface area (Å²) in [6, 6.07) is 53.5. The summed E-state index contributed by atoms with van der Waals surface area (Å²) in [7, 11) is -5.37. The number of ketones is 1. The number of benzene rings is 5. The molecular weight excluding hydrogens is 917 g/mol. The lowest BCUT2D eigenvalue weighted by Gasteiger charge is -2.43. The van der Waals surface area contributed by atoms with Crippen LogP contribution in [0.15, 0.2) is 152 Å². The van der Waals surface area contributed by atoms with Crippen LogP contribution in [-0.4, -0.2) is 90.6 Å². The van der Waals surface area contributed by atoms with Crippen LogP contribution in [0.4, 0.5) is 0 Å². The van der Waals surface area contributed by atoms with E-state index in [-0.39, 0.29) is 64.7 Å². The first kappa shape index (κ1) is 51.8. The van der Waals surface area contributed by atoms with Crippen molar-refractivity contribution in [2.75, 3.05) is 13.2 Å². The Morgan fingerprint density at radius 2 is 0.873 bits per heavy atom. The van der Waals surface area contributed by atoms with Gasteiger partial charge in [0.1, 0.15) is 6.10 Å². The van der Waals surface area contributed by atoms with E-state index in [0.29, 0.717) is 39.1 Å². The quantitative estimate of drug-likeness (QED) is 0.0714. The molecule has 4 heterocycles. The highest BCUT2D eigenvalue weighted by atomic mass is 28.4. The lowest BCUT2D eigenvalue weighted by Crippen LogP contribution is -2.67. The Morgan fingerprint density at radius 3 is 1.31 bits per heavy atom. The first-order chi connectivity index (χ1) is 34.3. The van der Waals surface area contributed by atoms with Crippen molar-refractivity contribution in [3.8, 4) is 0 Å². The van der Waals surface area contributed by atoms with Gasteiger partial charge in [-0.1, -0.05) is 193 Å². The molecule has 0 radical (unpaired) electrons. The van der Waals surface area contributed by atoms with Gasteiger partial charge in [0.2, 0.25) is 0 Å². The van der Waals surface area contributed by atoms with Gasteiger partial charge in [-0.3, -0.25) is 4.79 Å². The summed E-state index contributed by atoms with van der Waals surface area (Å²) in [5.74, 6) is 0.141. The van der Waals surface area contributed by atoms with Crippen LogP contribution >= 0.6 is 0 Å².